The molecule has 2 saturated heterocycles. The Labute approximate surface area is 543 Å². The number of likely N-dealkylation sites (tertiary alicyclic amines) is 1. The number of rotatable bonds is 14. The van der Waals surface area contributed by atoms with Crippen molar-refractivity contribution in [2.45, 2.75) is 48.3 Å². The Bertz CT molecular complexity index is 4480. The van der Waals surface area contributed by atoms with Crippen LogP contribution in [-0.4, -0.2) is 103 Å². The number of non-ortho nitro benzene ring substituents is 2. The number of piperidine rings is 2. The number of hydrogen-bond acceptors (Lipinski definition) is 16. The van der Waals surface area contributed by atoms with E-state index in [1.807, 2.05) is 30.3 Å². The van der Waals surface area contributed by atoms with Crippen LogP contribution < -0.4 is 10.6 Å². The summed E-state index contributed by atoms with van der Waals surface area (Å²) in [6, 6.07) is 42.0. The predicted octanol–water partition coefficient (Wildman–Crippen LogP) is 13.9. The van der Waals surface area contributed by atoms with Crippen molar-refractivity contribution in [3.63, 3.8) is 0 Å². The summed E-state index contributed by atoms with van der Waals surface area (Å²) in [5, 5.41) is 29.7. The lowest BCUT2D eigenvalue weighted by atomic mass is 9.94. The van der Waals surface area contributed by atoms with Crippen molar-refractivity contribution < 1.29 is 36.3 Å². The number of aliphatic imine (C=N–C) groups is 1. The molecule has 2 N–H and O–H groups in total. The first-order valence-corrected chi connectivity index (χ1v) is 32.9. The van der Waals surface area contributed by atoms with Crippen LogP contribution in [0.25, 0.3) is 44.3 Å². The minimum absolute atomic E-state index is 0.0279. The molecule has 6 heterocycles. The summed E-state index contributed by atoms with van der Waals surface area (Å²) < 4.78 is 56.5. The maximum absolute atomic E-state index is 13.6. The summed E-state index contributed by atoms with van der Waals surface area (Å²) >= 11 is 22.6. The normalized spacial score (nSPS) is 14.7. The predicted molar refractivity (Wildman–Crippen MR) is 351 cm³/mol. The van der Waals surface area contributed by atoms with Gasteiger partial charge in [-0.05, 0) is 111 Å². The van der Waals surface area contributed by atoms with Crippen molar-refractivity contribution in [2.24, 2.45) is 16.8 Å². The zero-order chi connectivity index (χ0) is 64.7. The summed E-state index contributed by atoms with van der Waals surface area (Å²) in [5.41, 5.74) is 4.07. The number of isocyanates is 1. The lowest BCUT2D eigenvalue weighted by molar-refractivity contribution is -0.385. The summed E-state index contributed by atoms with van der Waals surface area (Å²) in [7, 11) is -7.66. The first kappa shape index (κ1) is 66.4. The number of nitro benzene ring substituents is 2. The highest BCUT2D eigenvalue weighted by Crippen LogP contribution is 2.38. The van der Waals surface area contributed by atoms with Crippen LogP contribution >= 0.6 is 46.4 Å². The fourth-order valence-electron chi connectivity index (χ4n) is 10.5. The van der Waals surface area contributed by atoms with Gasteiger partial charge in [0.25, 0.3) is 31.4 Å². The van der Waals surface area contributed by atoms with Crippen molar-refractivity contribution in [1.82, 2.24) is 38.1 Å². The van der Waals surface area contributed by atoms with Crippen molar-refractivity contribution in [2.75, 3.05) is 36.8 Å². The molecular formula is C63H56Cl4N12O10S2. The molecule has 468 valence electrons. The number of fused-ring (bicyclic) bond motifs is 2. The molecule has 0 bridgehead atoms. The second kappa shape index (κ2) is 30.7. The van der Waals surface area contributed by atoms with E-state index in [0.29, 0.717) is 91.6 Å². The first-order chi connectivity index (χ1) is 43.9. The van der Waals surface area contributed by atoms with Gasteiger partial charge >= 0.3 is 6.03 Å². The zero-order valence-corrected chi connectivity index (χ0v) is 52.8. The van der Waals surface area contributed by atoms with Crippen LogP contribution in [0.15, 0.2) is 197 Å². The number of carbonyl (C=O) groups is 1. The van der Waals surface area contributed by atoms with E-state index >= 15 is 0 Å². The van der Waals surface area contributed by atoms with Gasteiger partial charge in [-0.1, -0.05) is 96.0 Å². The fourth-order valence-corrected chi connectivity index (χ4v) is 13.6. The molecule has 2 aliphatic heterocycles. The molecule has 2 atom stereocenters. The van der Waals surface area contributed by atoms with E-state index in [2.05, 4.69) is 25.6 Å². The molecule has 4 aromatic heterocycles. The molecule has 28 heteroatoms. The number of amides is 2. The number of nitrogens with one attached hydrogen (secondary N) is 2. The second-order valence-corrected chi connectivity index (χ2v) is 26.0. The van der Waals surface area contributed by atoms with E-state index < -0.39 is 29.9 Å². The number of benzene rings is 6. The number of hydrogen-bond donors (Lipinski definition) is 2. The molecule has 0 spiro atoms. The van der Waals surface area contributed by atoms with Gasteiger partial charge in [-0.2, -0.15) is 4.99 Å². The van der Waals surface area contributed by atoms with Crippen LogP contribution in [0.3, 0.4) is 0 Å². The standard InChI is InChI=1S/C31H27ClN6O5S.C24H23ClN4O2S.C7H4N2O3.CH2Cl2/c32-27-18-33-29(17-21-7-6-16-36(19-21)31(39)34-22-12-14-23(15-13-22)38(40)41)35-30(27)26-20-37(28-11-5-4-10-25(26)28)44(42,43)24-8-2-1-3-9-24;25-21-15-27-23(13-17-7-6-12-26-14-17)28-24(21)20-16-29(22-11-5-4-10-19(20)22)32(30,31)18-8-2-1-3-9-18;10-5-8-6-1-3-7(4-2-6)9(11)12;2-1-3/h1-5,8-15,18,20-21H,6-7,16-17,19H2,(H,34,39);1-5,8-11,15-17,26H,6-7,12-14H2;1-4H;1H2. The molecule has 2 fully saturated rings. The largest absolute Gasteiger partial charge is 0.324 e. The van der Waals surface area contributed by atoms with Gasteiger partial charge in [-0.3, -0.25) is 20.2 Å². The second-order valence-electron chi connectivity index (χ2n) is 20.7. The highest BCUT2D eigenvalue weighted by atomic mass is 35.5. The van der Waals surface area contributed by atoms with Crippen molar-refractivity contribution in [3.8, 4) is 22.5 Å². The average Bonchev–Trinajstić information content (AvgIpc) is 1.67. The van der Waals surface area contributed by atoms with Gasteiger partial charge in [0.15, 0.2) is 0 Å². The summed E-state index contributed by atoms with van der Waals surface area (Å²) in [5.74, 6) is 1.83. The van der Waals surface area contributed by atoms with E-state index in [1.54, 1.807) is 102 Å². The Hall–Kier alpha value is -8.97. The minimum Gasteiger partial charge on any atom is -0.324 e. The Morgan fingerprint density at radius 2 is 1.09 bits per heavy atom. The Kier molecular flexibility index (Phi) is 22.4. The van der Waals surface area contributed by atoms with Crippen molar-refractivity contribution in [1.29, 1.82) is 0 Å². The lowest BCUT2D eigenvalue weighted by Gasteiger charge is -2.32. The summed E-state index contributed by atoms with van der Waals surface area (Å²) in [4.78, 5) is 66.7. The molecule has 91 heavy (non-hydrogen) atoms. The van der Waals surface area contributed by atoms with Gasteiger partial charge in [-0.15, -0.1) is 23.2 Å². The Balaban J connectivity index is 0.000000181. The number of carbonyl (C=O) groups excluding carboxylic acids is 2. The van der Waals surface area contributed by atoms with E-state index in [1.165, 1.54) is 68.8 Å². The monoisotopic (exact) mass is 1340 g/mol. The molecule has 6 aromatic carbocycles. The van der Waals surface area contributed by atoms with Gasteiger partial charge in [0.2, 0.25) is 6.08 Å². The number of anilines is 1. The number of nitro groups is 2. The molecule has 0 aliphatic carbocycles. The molecule has 2 aliphatic rings. The fraction of sp³-hybridized carbons (Fsp3) is 0.206. The van der Waals surface area contributed by atoms with Gasteiger partial charge in [0, 0.05) is 103 Å². The minimum atomic E-state index is -3.88. The summed E-state index contributed by atoms with van der Waals surface area (Å²) in [6.07, 6.45) is 12.9. The van der Waals surface area contributed by atoms with Gasteiger partial charge in [-0.25, -0.2) is 54.3 Å². The molecular weight excluding hydrogens is 1290 g/mol. The topological polar surface area (TPSA) is 290 Å². The molecule has 2 unspecified atom stereocenters. The van der Waals surface area contributed by atoms with Crippen molar-refractivity contribution >= 4 is 123 Å². The third-order valence-electron chi connectivity index (χ3n) is 14.8. The zero-order valence-electron chi connectivity index (χ0n) is 48.1. The van der Waals surface area contributed by atoms with E-state index in [-0.39, 0.29) is 38.5 Å². The number of aromatic nitrogens is 6. The highest BCUT2D eigenvalue weighted by Gasteiger charge is 2.28. The maximum atomic E-state index is 13.6. The number of para-hydroxylation sites is 2. The molecule has 0 saturated carbocycles. The van der Waals surface area contributed by atoms with Crippen LogP contribution in [0, 0.1) is 32.1 Å². The number of nitrogens with zero attached hydrogens (tertiary/aromatic N) is 10. The van der Waals surface area contributed by atoms with Crippen LogP contribution in [0.4, 0.5) is 27.5 Å². The molecule has 2 amide bonds. The smallest absolute Gasteiger partial charge is 0.321 e. The number of urea groups is 1. The van der Waals surface area contributed by atoms with Gasteiger partial charge in [0.05, 0.1) is 63.1 Å². The molecule has 22 nitrogen and oxygen atoms in total. The Morgan fingerprint density at radius 1 is 0.637 bits per heavy atom. The number of alkyl halides is 2. The third kappa shape index (κ3) is 16.3. The molecule has 0 radical (unpaired) electrons. The summed E-state index contributed by atoms with van der Waals surface area (Å²) in [6.45, 7) is 3.07. The maximum Gasteiger partial charge on any atom is 0.321 e. The molecule has 10 aromatic rings. The number of halogens is 4. The third-order valence-corrected chi connectivity index (χ3v) is 18.7. The quantitative estimate of drug-likeness (QED) is 0.0336. The van der Waals surface area contributed by atoms with Crippen molar-refractivity contribution in [3.05, 3.63) is 224 Å². The van der Waals surface area contributed by atoms with E-state index in [9.17, 15) is 46.7 Å². The molecule has 12 rings (SSSR count). The van der Waals surface area contributed by atoms with Crippen LogP contribution in [-0.2, 0) is 37.7 Å². The SMILES string of the molecule is ClCCl.O=C(Nc1ccc([N+](=O)[O-])cc1)N1CCCC(Cc2ncc(Cl)c(-c3cn(S(=O)(=O)c4ccccc4)c4ccccc34)n2)C1.O=C=Nc1ccc([N+](=O)[O-])cc1.O=S(=O)(c1ccccc1)n1cc(-c2nc(CC3CCCNC3)ncc2Cl)c2ccccc21. The highest BCUT2D eigenvalue weighted by molar-refractivity contribution is 7.90. The van der Waals surface area contributed by atoms with Gasteiger partial charge in [0.1, 0.15) is 11.6 Å². The van der Waals surface area contributed by atoms with E-state index in [0.717, 1.165) is 56.4 Å². The van der Waals surface area contributed by atoms with Crippen LogP contribution in [0.1, 0.15) is 37.3 Å². The first-order valence-electron chi connectivity index (χ1n) is 28.2. The Morgan fingerprint density at radius 3 is 1.55 bits per heavy atom. The van der Waals surface area contributed by atoms with E-state index in [4.69, 9.17) is 56.4 Å². The van der Waals surface area contributed by atoms with Crippen LogP contribution in [0.5, 0.6) is 0 Å². The van der Waals surface area contributed by atoms with Crippen LogP contribution in [0.2, 0.25) is 10.0 Å². The average molecular weight is 1350 g/mol. The van der Waals surface area contributed by atoms with Gasteiger partial charge < -0.3 is 15.5 Å². The lowest BCUT2D eigenvalue weighted by Crippen LogP contribution is -2.43.